The number of rotatable bonds is 8. The van der Waals surface area contributed by atoms with Crippen molar-refractivity contribution in [2.45, 2.75) is 13.8 Å². The standard InChI is InChI=1S/C36H28N2O4/c1-25-7-3-5-9-33(25)37-23-27-11-19-31(20-12-27)41-35(39)29-15-17-30(18-16-29)36(40)42-32-21-13-28(14-22-32)24-38-34-10-6-4-8-26(34)2/h3-24H,1-2H3. The Morgan fingerprint density at radius 3 is 1.21 bits per heavy atom. The first-order valence-corrected chi connectivity index (χ1v) is 13.4. The van der Waals surface area contributed by atoms with Crippen LogP contribution in [-0.4, -0.2) is 24.4 Å². The van der Waals surface area contributed by atoms with Crippen molar-refractivity contribution in [3.8, 4) is 11.5 Å². The number of benzene rings is 5. The van der Waals surface area contributed by atoms with Gasteiger partial charge in [0.1, 0.15) is 11.5 Å². The summed E-state index contributed by atoms with van der Waals surface area (Å²) in [5.41, 5.74) is 6.37. The van der Waals surface area contributed by atoms with Gasteiger partial charge in [-0.2, -0.15) is 0 Å². The molecule has 5 aromatic rings. The molecule has 0 fully saturated rings. The molecule has 0 heterocycles. The molecule has 0 aliphatic heterocycles. The fraction of sp³-hybridized carbons (Fsp3) is 0.0556. The van der Waals surface area contributed by atoms with Crippen molar-refractivity contribution in [2.24, 2.45) is 9.98 Å². The summed E-state index contributed by atoms with van der Waals surface area (Å²) in [5.74, 6) is -0.244. The molecule has 0 aliphatic carbocycles. The number of aryl methyl sites for hydroxylation is 2. The second kappa shape index (κ2) is 13.2. The molecule has 0 bridgehead atoms. The van der Waals surface area contributed by atoms with E-state index in [2.05, 4.69) is 9.98 Å². The van der Waals surface area contributed by atoms with Crippen LogP contribution in [0.2, 0.25) is 0 Å². The molecule has 0 amide bonds. The molecular weight excluding hydrogens is 524 g/mol. The Kier molecular flexibility index (Phi) is 8.75. The van der Waals surface area contributed by atoms with Crippen molar-refractivity contribution in [3.05, 3.63) is 155 Å². The summed E-state index contributed by atoms with van der Waals surface area (Å²) in [6.45, 7) is 4.02. The minimum atomic E-state index is -0.529. The highest BCUT2D eigenvalue weighted by molar-refractivity contribution is 5.95. The number of aliphatic imine (C=N–C) groups is 2. The fourth-order valence-electron chi connectivity index (χ4n) is 4.02. The average Bonchev–Trinajstić information content (AvgIpc) is 3.02. The van der Waals surface area contributed by atoms with Gasteiger partial charge in [-0.25, -0.2) is 9.59 Å². The molecule has 0 saturated carbocycles. The third kappa shape index (κ3) is 7.31. The summed E-state index contributed by atoms with van der Waals surface area (Å²) in [6, 6.07) is 36.0. The van der Waals surface area contributed by atoms with Crippen molar-refractivity contribution in [1.29, 1.82) is 0 Å². The maximum atomic E-state index is 12.6. The molecule has 206 valence electrons. The monoisotopic (exact) mass is 552 g/mol. The third-order valence-corrected chi connectivity index (χ3v) is 6.47. The van der Waals surface area contributed by atoms with Crippen LogP contribution >= 0.6 is 0 Å². The smallest absolute Gasteiger partial charge is 0.343 e. The highest BCUT2D eigenvalue weighted by atomic mass is 16.5. The van der Waals surface area contributed by atoms with Crippen molar-refractivity contribution in [1.82, 2.24) is 0 Å². The maximum Gasteiger partial charge on any atom is 0.343 e. The van der Waals surface area contributed by atoms with E-state index in [0.717, 1.165) is 33.6 Å². The Morgan fingerprint density at radius 1 is 0.500 bits per heavy atom. The van der Waals surface area contributed by atoms with Crippen LogP contribution in [0, 0.1) is 13.8 Å². The summed E-state index contributed by atoms with van der Waals surface area (Å²) in [6.07, 6.45) is 3.53. The first-order chi connectivity index (χ1) is 20.4. The number of ether oxygens (including phenoxy) is 2. The quantitative estimate of drug-likeness (QED) is 0.110. The lowest BCUT2D eigenvalue weighted by atomic mass is 10.1. The predicted molar refractivity (Wildman–Crippen MR) is 166 cm³/mol. The Labute approximate surface area is 244 Å². The van der Waals surface area contributed by atoms with Gasteiger partial charge >= 0.3 is 11.9 Å². The first-order valence-electron chi connectivity index (χ1n) is 13.4. The summed E-state index contributed by atoms with van der Waals surface area (Å²) < 4.78 is 11.0. The fourth-order valence-corrected chi connectivity index (χ4v) is 4.02. The van der Waals surface area contributed by atoms with Crippen LogP contribution < -0.4 is 9.47 Å². The van der Waals surface area contributed by atoms with Crippen LogP contribution in [0.4, 0.5) is 11.4 Å². The molecule has 0 aromatic heterocycles. The van der Waals surface area contributed by atoms with Gasteiger partial charge in [0.2, 0.25) is 0 Å². The summed E-state index contributed by atoms with van der Waals surface area (Å²) in [4.78, 5) is 34.3. The Hall–Kier alpha value is -5.62. The van der Waals surface area contributed by atoms with E-state index < -0.39 is 11.9 Å². The molecule has 0 N–H and O–H groups in total. The van der Waals surface area contributed by atoms with Gasteiger partial charge in [0.05, 0.1) is 22.5 Å². The molecule has 0 unspecified atom stereocenters. The Bertz CT molecular complexity index is 1620. The van der Waals surface area contributed by atoms with E-state index in [9.17, 15) is 9.59 Å². The number of para-hydroxylation sites is 2. The number of nitrogens with zero attached hydrogens (tertiary/aromatic N) is 2. The summed E-state index contributed by atoms with van der Waals surface area (Å²) in [7, 11) is 0. The maximum absolute atomic E-state index is 12.6. The number of carbonyl (C=O) groups excluding carboxylic acids is 2. The van der Waals surface area contributed by atoms with E-state index in [1.807, 2.05) is 86.6 Å². The van der Waals surface area contributed by atoms with Crippen LogP contribution in [0.5, 0.6) is 11.5 Å². The highest BCUT2D eigenvalue weighted by Gasteiger charge is 2.13. The Morgan fingerprint density at radius 2 is 0.857 bits per heavy atom. The third-order valence-electron chi connectivity index (χ3n) is 6.47. The van der Waals surface area contributed by atoms with Gasteiger partial charge in [-0.3, -0.25) is 9.98 Å². The topological polar surface area (TPSA) is 77.3 Å². The van der Waals surface area contributed by atoms with E-state index in [1.54, 1.807) is 36.7 Å². The van der Waals surface area contributed by atoms with E-state index >= 15 is 0 Å². The zero-order valence-corrected chi connectivity index (χ0v) is 23.2. The summed E-state index contributed by atoms with van der Waals surface area (Å²) >= 11 is 0. The second-order valence-electron chi connectivity index (χ2n) is 9.58. The highest BCUT2D eigenvalue weighted by Crippen LogP contribution is 2.20. The molecule has 0 spiro atoms. The van der Waals surface area contributed by atoms with Crippen molar-refractivity contribution in [3.63, 3.8) is 0 Å². The van der Waals surface area contributed by atoms with Crippen LogP contribution in [0.3, 0.4) is 0 Å². The Balaban J connectivity index is 1.14. The van der Waals surface area contributed by atoms with Gasteiger partial charge in [0.15, 0.2) is 0 Å². The van der Waals surface area contributed by atoms with Crippen LogP contribution in [0.1, 0.15) is 43.0 Å². The van der Waals surface area contributed by atoms with Crippen molar-refractivity contribution >= 4 is 35.7 Å². The minimum Gasteiger partial charge on any atom is -0.423 e. The van der Waals surface area contributed by atoms with Gasteiger partial charge in [-0.05, 0) is 121 Å². The van der Waals surface area contributed by atoms with E-state index in [-0.39, 0.29) is 0 Å². The molecule has 0 atom stereocenters. The molecule has 0 radical (unpaired) electrons. The largest absolute Gasteiger partial charge is 0.423 e. The van der Waals surface area contributed by atoms with Gasteiger partial charge in [-0.15, -0.1) is 0 Å². The average molecular weight is 553 g/mol. The SMILES string of the molecule is Cc1ccccc1N=Cc1ccc(OC(=O)c2ccc(C(=O)Oc3ccc(C=Nc4ccccc4C)cc3)cc2)cc1. The molecule has 6 nitrogen and oxygen atoms in total. The number of carbonyl (C=O) groups is 2. The van der Waals surface area contributed by atoms with Crippen LogP contribution in [0.15, 0.2) is 131 Å². The van der Waals surface area contributed by atoms with E-state index in [4.69, 9.17) is 9.47 Å². The molecule has 6 heteroatoms. The number of hydrogen-bond donors (Lipinski definition) is 0. The first kappa shape index (κ1) is 27.9. The van der Waals surface area contributed by atoms with Crippen LogP contribution in [-0.2, 0) is 0 Å². The van der Waals surface area contributed by atoms with Gasteiger partial charge < -0.3 is 9.47 Å². The van der Waals surface area contributed by atoms with Crippen molar-refractivity contribution in [2.75, 3.05) is 0 Å². The second-order valence-corrected chi connectivity index (χ2v) is 9.58. The van der Waals surface area contributed by atoms with E-state index in [1.165, 1.54) is 24.3 Å². The summed E-state index contributed by atoms with van der Waals surface area (Å²) in [5, 5.41) is 0. The normalized spacial score (nSPS) is 11.1. The zero-order chi connectivity index (χ0) is 29.3. The molecule has 5 rings (SSSR count). The van der Waals surface area contributed by atoms with Gasteiger partial charge in [-0.1, -0.05) is 36.4 Å². The molecular formula is C36H28N2O4. The number of esters is 2. The lowest BCUT2D eigenvalue weighted by Gasteiger charge is -2.07. The minimum absolute atomic E-state index is 0.314. The van der Waals surface area contributed by atoms with E-state index in [0.29, 0.717) is 22.6 Å². The number of hydrogen-bond acceptors (Lipinski definition) is 6. The van der Waals surface area contributed by atoms with Crippen molar-refractivity contribution < 1.29 is 19.1 Å². The van der Waals surface area contributed by atoms with Crippen LogP contribution in [0.25, 0.3) is 0 Å². The molecule has 0 saturated heterocycles. The zero-order valence-electron chi connectivity index (χ0n) is 23.2. The lowest BCUT2D eigenvalue weighted by Crippen LogP contribution is -2.11. The van der Waals surface area contributed by atoms with Gasteiger partial charge in [0.25, 0.3) is 0 Å². The predicted octanol–water partition coefficient (Wildman–Crippen LogP) is 8.24. The molecule has 42 heavy (non-hydrogen) atoms. The van der Waals surface area contributed by atoms with Gasteiger partial charge in [0, 0.05) is 12.4 Å². The lowest BCUT2D eigenvalue weighted by molar-refractivity contribution is 0.0720. The molecule has 0 aliphatic rings. The molecule has 5 aromatic carbocycles.